The minimum Gasteiger partial charge on any atom is -0.504 e. The van der Waals surface area contributed by atoms with Crippen LogP contribution in [0.3, 0.4) is 0 Å². The standard InChI is InChI=1S/C20H24O3/c21-17-5-4-13(9-18(17)22)2-1-3-19(23)20-10-14-6-15(11-20)8-16(7-14)12-20/h1-2,4-5,9,14-16,21-22H,3,6-8,10-12H2/b2-1+. The molecule has 4 bridgehead atoms. The lowest BCUT2D eigenvalue weighted by Crippen LogP contribution is -2.49. The predicted molar refractivity (Wildman–Crippen MR) is 89.0 cm³/mol. The fourth-order valence-corrected chi connectivity index (χ4v) is 5.61. The third kappa shape index (κ3) is 2.66. The van der Waals surface area contributed by atoms with E-state index in [1.54, 1.807) is 6.07 Å². The minimum absolute atomic E-state index is 0.0316. The van der Waals surface area contributed by atoms with Gasteiger partial charge in [0.1, 0.15) is 5.78 Å². The second-order valence-corrected chi connectivity index (χ2v) is 7.98. The van der Waals surface area contributed by atoms with Gasteiger partial charge in [0.2, 0.25) is 0 Å². The highest BCUT2D eigenvalue weighted by atomic mass is 16.3. The Hall–Kier alpha value is -1.77. The number of aromatic hydroxyl groups is 2. The first-order valence-electron chi connectivity index (χ1n) is 8.76. The van der Waals surface area contributed by atoms with Gasteiger partial charge in [-0.1, -0.05) is 18.2 Å². The first-order chi connectivity index (χ1) is 11.0. The van der Waals surface area contributed by atoms with Crippen LogP contribution >= 0.6 is 0 Å². The Labute approximate surface area is 137 Å². The molecule has 3 nitrogen and oxygen atoms in total. The van der Waals surface area contributed by atoms with Gasteiger partial charge in [-0.2, -0.15) is 0 Å². The predicted octanol–water partition coefficient (Wildman–Crippen LogP) is 4.29. The second-order valence-electron chi connectivity index (χ2n) is 7.98. The molecule has 0 spiro atoms. The molecule has 0 unspecified atom stereocenters. The summed E-state index contributed by atoms with van der Waals surface area (Å²) in [5.41, 5.74) is 0.773. The molecular weight excluding hydrogens is 288 g/mol. The van der Waals surface area contributed by atoms with Gasteiger partial charge in [-0.3, -0.25) is 4.79 Å². The molecule has 4 aliphatic rings. The number of Topliss-reactive ketones (excluding diaryl/α,β-unsaturated/α-hetero) is 1. The number of carbonyl (C=O) groups is 1. The molecule has 0 aromatic heterocycles. The number of benzene rings is 1. The summed E-state index contributed by atoms with van der Waals surface area (Å²) in [7, 11) is 0. The molecule has 0 aliphatic heterocycles. The average Bonchev–Trinajstić information content (AvgIpc) is 2.49. The quantitative estimate of drug-likeness (QED) is 0.816. The molecule has 0 atom stereocenters. The maximum atomic E-state index is 12.9. The van der Waals surface area contributed by atoms with Crippen LogP contribution in [0.1, 0.15) is 50.5 Å². The Morgan fingerprint density at radius 2 is 1.65 bits per heavy atom. The number of ketones is 1. The normalized spacial score (nSPS) is 35.0. The van der Waals surface area contributed by atoms with Crippen LogP contribution in [0.4, 0.5) is 0 Å². The topological polar surface area (TPSA) is 57.5 Å². The molecule has 3 heteroatoms. The van der Waals surface area contributed by atoms with Gasteiger partial charge in [0, 0.05) is 11.8 Å². The maximum absolute atomic E-state index is 12.9. The third-order valence-electron chi connectivity index (χ3n) is 6.24. The lowest BCUT2D eigenvalue weighted by Gasteiger charge is -2.56. The molecule has 0 amide bonds. The van der Waals surface area contributed by atoms with E-state index in [-0.39, 0.29) is 16.9 Å². The van der Waals surface area contributed by atoms with E-state index in [4.69, 9.17) is 0 Å². The van der Waals surface area contributed by atoms with Crippen LogP contribution < -0.4 is 0 Å². The van der Waals surface area contributed by atoms with Crippen LogP contribution in [0.15, 0.2) is 24.3 Å². The van der Waals surface area contributed by atoms with Crippen LogP contribution in [0.2, 0.25) is 0 Å². The van der Waals surface area contributed by atoms with Crippen molar-refractivity contribution in [1.29, 1.82) is 0 Å². The SMILES string of the molecule is O=C(C/C=C/c1ccc(O)c(O)c1)C12CC3CC(CC(C3)C1)C2. The highest BCUT2D eigenvalue weighted by Crippen LogP contribution is 2.60. The summed E-state index contributed by atoms with van der Waals surface area (Å²) < 4.78 is 0. The molecule has 4 saturated carbocycles. The number of hydrogen-bond donors (Lipinski definition) is 2. The molecule has 0 radical (unpaired) electrons. The molecule has 1 aromatic rings. The van der Waals surface area contributed by atoms with Gasteiger partial charge in [0.15, 0.2) is 11.5 Å². The summed E-state index contributed by atoms with van der Waals surface area (Å²) in [6, 6.07) is 4.72. The first-order valence-corrected chi connectivity index (χ1v) is 8.76. The smallest absolute Gasteiger partial charge is 0.157 e. The highest BCUT2D eigenvalue weighted by Gasteiger charge is 2.53. The largest absolute Gasteiger partial charge is 0.504 e. The van der Waals surface area contributed by atoms with E-state index in [1.807, 2.05) is 12.2 Å². The van der Waals surface area contributed by atoms with Crippen molar-refractivity contribution in [3.05, 3.63) is 29.8 Å². The lowest BCUT2D eigenvalue weighted by atomic mass is 9.48. The third-order valence-corrected chi connectivity index (χ3v) is 6.24. The van der Waals surface area contributed by atoms with Gasteiger partial charge in [-0.05, 0) is 74.0 Å². The van der Waals surface area contributed by atoms with Crippen molar-refractivity contribution < 1.29 is 15.0 Å². The zero-order valence-electron chi connectivity index (χ0n) is 13.4. The van der Waals surface area contributed by atoms with Gasteiger partial charge in [-0.25, -0.2) is 0 Å². The average molecular weight is 312 g/mol. The number of allylic oxidation sites excluding steroid dienone is 1. The molecule has 4 fully saturated rings. The monoisotopic (exact) mass is 312 g/mol. The van der Waals surface area contributed by atoms with Crippen molar-refractivity contribution in [2.75, 3.05) is 0 Å². The number of phenols is 2. The van der Waals surface area contributed by atoms with Gasteiger partial charge in [0.05, 0.1) is 0 Å². The minimum atomic E-state index is -0.125. The highest BCUT2D eigenvalue weighted by molar-refractivity contribution is 5.87. The number of carbonyl (C=O) groups excluding carboxylic acids is 1. The van der Waals surface area contributed by atoms with Crippen molar-refractivity contribution in [2.45, 2.75) is 44.9 Å². The number of rotatable bonds is 4. The summed E-state index contributed by atoms with van der Waals surface area (Å²) >= 11 is 0. The van der Waals surface area contributed by atoms with Crippen LogP contribution in [-0.2, 0) is 4.79 Å². The summed E-state index contributed by atoms with van der Waals surface area (Å²) in [5, 5.41) is 18.8. The van der Waals surface area contributed by atoms with E-state index in [2.05, 4.69) is 0 Å². The van der Waals surface area contributed by atoms with Crippen LogP contribution in [-0.4, -0.2) is 16.0 Å². The van der Waals surface area contributed by atoms with Gasteiger partial charge in [-0.15, -0.1) is 0 Å². The Bertz CT molecular complexity index is 624. The Balaban J connectivity index is 1.44. The molecule has 4 aliphatic carbocycles. The Morgan fingerprint density at radius 3 is 2.22 bits per heavy atom. The molecule has 2 N–H and O–H groups in total. The van der Waals surface area contributed by atoms with E-state index in [0.29, 0.717) is 12.2 Å². The van der Waals surface area contributed by atoms with Crippen molar-refractivity contribution in [3.63, 3.8) is 0 Å². The molecule has 23 heavy (non-hydrogen) atoms. The molecule has 0 saturated heterocycles. The van der Waals surface area contributed by atoms with Crippen LogP contribution in [0.25, 0.3) is 6.08 Å². The van der Waals surface area contributed by atoms with E-state index in [9.17, 15) is 15.0 Å². The summed E-state index contributed by atoms with van der Waals surface area (Å²) in [4.78, 5) is 12.9. The van der Waals surface area contributed by atoms with Gasteiger partial charge in [0.25, 0.3) is 0 Å². The number of phenolic OH excluding ortho intramolecular Hbond substituents is 2. The van der Waals surface area contributed by atoms with Gasteiger partial charge >= 0.3 is 0 Å². The van der Waals surface area contributed by atoms with Crippen molar-refractivity contribution >= 4 is 11.9 Å². The van der Waals surface area contributed by atoms with Crippen molar-refractivity contribution in [3.8, 4) is 11.5 Å². The molecule has 0 heterocycles. The van der Waals surface area contributed by atoms with Crippen LogP contribution in [0, 0.1) is 23.2 Å². The van der Waals surface area contributed by atoms with E-state index in [0.717, 1.165) is 42.6 Å². The Kier molecular flexibility index (Phi) is 3.47. The zero-order valence-corrected chi connectivity index (χ0v) is 13.4. The first kappa shape index (κ1) is 14.8. The van der Waals surface area contributed by atoms with Gasteiger partial charge < -0.3 is 10.2 Å². The van der Waals surface area contributed by atoms with E-state index < -0.39 is 0 Å². The van der Waals surface area contributed by atoms with E-state index >= 15 is 0 Å². The lowest BCUT2D eigenvalue weighted by molar-refractivity contribution is -0.142. The van der Waals surface area contributed by atoms with Crippen molar-refractivity contribution in [1.82, 2.24) is 0 Å². The maximum Gasteiger partial charge on any atom is 0.157 e. The van der Waals surface area contributed by atoms with Crippen molar-refractivity contribution in [2.24, 2.45) is 23.2 Å². The Morgan fingerprint density at radius 1 is 1.04 bits per heavy atom. The zero-order chi connectivity index (χ0) is 16.0. The summed E-state index contributed by atoms with van der Waals surface area (Å²) in [5.74, 6) is 2.55. The fourth-order valence-electron chi connectivity index (χ4n) is 5.61. The molecule has 122 valence electrons. The molecule has 5 rings (SSSR count). The second kappa shape index (κ2) is 5.40. The van der Waals surface area contributed by atoms with E-state index in [1.165, 1.54) is 31.4 Å². The number of hydrogen-bond acceptors (Lipinski definition) is 3. The fraction of sp³-hybridized carbons (Fsp3) is 0.550. The van der Waals surface area contributed by atoms with Crippen LogP contribution in [0.5, 0.6) is 11.5 Å². The molecule has 1 aromatic carbocycles. The molecular formula is C20H24O3. The summed E-state index contributed by atoms with van der Waals surface area (Å²) in [6.45, 7) is 0. The summed E-state index contributed by atoms with van der Waals surface area (Å²) in [6.07, 6.45) is 11.7.